The second-order valence-electron chi connectivity index (χ2n) is 4.39. The van der Waals surface area contributed by atoms with Crippen molar-refractivity contribution in [2.45, 2.75) is 20.3 Å². The van der Waals surface area contributed by atoms with Crippen molar-refractivity contribution in [3.05, 3.63) is 28.5 Å². The standard InChI is InChI=1S/C13H19BrFNO/c1-10(2)3-4-16-5-6-17-13-8-11(14)7-12(15)9-13/h7-10,16H,3-6H2,1-2H3. The molecule has 4 heteroatoms. The molecule has 1 N–H and O–H groups in total. The smallest absolute Gasteiger partial charge is 0.128 e. The van der Waals surface area contributed by atoms with Crippen LogP contribution in [0.2, 0.25) is 0 Å². The first-order valence-corrected chi connectivity index (χ1v) is 6.67. The predicted molar refractivity (Wildman–Crippen MR) is 71.9 cm³/mol. The summed E-state index contributed by atoms with van der Waals surface area (Å²) in [5, 5.41) is 3.29. The van der Waals surface area contributed by atoms with E-state index in [9.17, 15) is 4.39 Å². The van der Waals surface area contributed by atoms with Crippen molar-refractivity contribution in [1.29, 1.82) is 0 Å². The van der Waals surface area contributed by atoms with Crippen LogP contribution >= 0.6 is 15.9 Å². The Morgan fingerprint density at radius 1 is 1.29 bits per heavy atom. The summed E-state index contributed by atoms with van der Waals surface area (Å²) in [6.07, 6.45) is 1.16. The van der Waals surface area contributed by atoms with Crippen molar-refractivity contribution in [3.63, 3.8) is 0 Å². The number of hydrogen-bond donors (Lipinski definition) is 1. The molecule has 0 saturated carbocycles. The summed E-state index contributed by atoms with van der Waals surface area (Å²) in [6.45, 7) is 6.72. The minimum absolute atomic E-state index is 0.290. The van der Waals surface area contributed by atoms with Crippen molar-refractivity contribution in [2.24, 2.45) is 5.92 Å². The summed E-state index contributed by atoms with van der Waals surface area (Å²) in [5.41, 5.74) is 0. The quantitative estimate of drug-likeness (QED) is 0.777. The van der Waals surface area contributed by atoms with Gasteiger partial charge in [0.2, 0.25) is 0 Å². The maximum atomic E-state index is 13.0. The fraction of sp³-hybridized carbons (Fsp3) is 0.538. The molecular weight excluding hydrogens is 285 g/mol. The lowest BCUT2D eigenvalue weighted by atomic mass is 10.1. The van der Waals surface area contributed by atoms with E-state index in [2.05, 4.69) is 35.1 Å². The number of hydrogen-bond acceptors (Lipinski definition) is 2. The zero-order valence-corrected chi connectivity index (χ0v) is 11.9. The maximum absolute atomic E-state index is 13.0. The molecule has 1 rings (SSSR count). The van der Waals surface area contributed by atoms with Gasteiger partial charge in [0.25, 0.3) is 0 Å². The highest BCUT2D eigenvalue weighted by atomic mass is 79.9. The average molecular weight is 304 g/mol. The van der Waals surface area contributed by atoms with Crippen LogP contribution in [0.25, 0.3) is 0 Å². The van der Waals surface area contributed by atoms with E-state index in [1.165, 1.54) is 12.1 Å². The Kier molecular flexibility index (Phi) is 6.52. The van der Waals surface area contributed by atoms with Crippen LogP contribution < -0.4 is 10.1 Å². The van der Waals surface area contributed by atoms with Crippen LogP contribution in [-0.4, -0.2) is 19.7 Å². The number of halogens is 2. The monoisotopic (exact) mass is 303 g/mol. The van der Waals surface area contributed by atoms with Gasteiger partial charge < -0.3 is 10.1 Å². The molecule has 0 unspecified atom stereocenters. The molecule has 1 aromatic carbocycles. The summed E-state index contributed by atoms with van der Waals surface area (Å²) in [4.78, 5) is 0. The number of benzene rings is 1. The summed E-state index contributed by atoms with van der Waals surface area (Å²) in [5.74, 6) is 0.979. The Bertz CT molecular complexity index is 324. The van der Waals surface area contributed by atoms with E-state index in [4.69, 9.17) is 4.74 Å². The van der Waals surface area contributed by atoms with Crippen molar-refractivity contribution < 1.29 is 9.13 Å². The van der Waals surface area contributed by atoms with Crippen LogP contribution in [-0.2, 0) is 0 Å². The Labute approximate surface area is 111 Å². The molecule has 0 atom stereocenters. The van der Waals surface area contributed by atoms with E-state index in [-0.39, 0.29) is 5.82 Å². The maximum Gasteiger partial charge on any atom is 0.128 e. The van der Waals surface area contributed by atoms with Gasteiger partial charge in [0.05, 0.1) is 0 Å². The Balaban J connectivity index is 2.18. The molecule has 0 aliphatic heterocycles. The Morgan fingerprint density at radius 3 is 2.71 bits per heavy atom. The molecule has 0 saturated heterocycles. The molecular formula is C13H19BrFNO. The molecule has 17 heavy (non-hydrogen) atoms. The van der Waals surface area contributed by atoms with Crippen LogP contribution in [0.3, 0.4) is 0 Å². The molecule has 0 amide bonds. The van der Waals surface area contributed by atoms with Gasteiger partial charge in [-0.1, -0.05) is 29.8 Å². The van der Waals surface area contributed by atoms with E-state index in [1.54, 1.807) is 6.07 Å². The molecule has 0 bridgehead atoms. The summed E-state index contributed by atoms with van der Waals surface area (Å²) < 4.78 is 19.2. The van der Waals surface area contributed by atoms with Crippen LogP contribution in [0.4, 0.5) is 4.39 Å². The molecule has 1 aromatic rings. The predicted octanol–water partition coefficient (Wildman–Crippen LogP) is 3.60. The van der Waals surface area contributed by atoms with Gasteiger partial charge in [-0.2, -0.15) is 0 Å². The van der Waals surface area contributed by atoms with E-state index in [1.807, 2.05) is 0 Å². The minimum Gasteiger partial charge on any atom is -0.492 e. The Hall–Kier alpha value is -0.610. The van der Waals surface area contributed by atoms with Crippen molar-refractivity contribution in [2.75, 3.05) is 19.7 Å². The summed E-state index contributed by atoms with van der Waals surface area (Å²) in [6, 6.07) is 4.56. The van der Waals surface area contributed by atoms with Gasteiger partial charge in [-0.3, -0.25) is 0 Å². The zero-order valence-electron chi connectivity index (χ0n) is 10.3. The largest absolute Gasteiger partial charge is 0.492 e. The van der Waals surface area contributed by atoms with E-state index >= 15 is 0 Å². The molecule has 0 aliphatic rings. The van der Waals surface area contributed by atoms with Crippen LogP contribution in [0.15, 0.2) is 22.7 Å². The molecule has 0 fully saturated rings. The van der Waals surface area contributed by atoms with Crippen LogP contribution in [0, 0.1) is 11.7 Å². The molecule has 0 heterocycles. The topological polar surface area (TPSA) is 21.3 Å². The zero-order chi connectivity index (χ0) is 12.7. The van der Waals surface area contributed by atoms with Gasteiger partial charge in [0.1, 0.15) is 18.2 Å². The SMILES string of the molecule is CC(C)CCNCCOc1cc(F)cc(Br)c1. The van der Waals surface area contributed by atoms with Crippen LogP contribution in [0.1, 0.15) is 20.3 Å². The van der Waals surface area contributed by atoms with Gasteiger partial charge in [-0.05, 0) is 31.0 Å². The van der Waals surface area contributed by atoms with Gasteiger partial charge in [0, 0.05) is 17.1 Å². The first kappa shape index (κ1) is 14.5. The lowest BCUT2D eigenvalue weighted by Crippen LogP contribution is -2.23. The minimum atomic E-state index is -0.290. The number of nitrogens with one attached hydrogen (secondary N) is 1. The van der Waals surface area contributed by atoms with E-state index in [0.29, 0.717) is 22.7 Å². The molecule has 0 aliphatic carbocycles. The fourth-order valence-electron chi connectivity index (χ4n) is 1.37. The van der Waals surface area contributed by atoms with Gasteiger partial charge >= 0.3 is 0 Å². The fourth-order valence-corrected chi connectivity index (χ4v) is 1.81. The third-order valence-electron chi connectivity index (χ3n) is 2.28. The number of ether oxygens (including phenoxy) is 1. The summed E-state index contributed by atoms with van der Waals surface area (Å²) in [7, 11) is 0. The Morgan fingerprint density at radius 2 is 2.06 bits per heavy atom. The first-order valence-electron chi connectivity index (χ1n) is 5.87. The highest BCUT2D eigenvalue weighted by molar-refractivity contribution is 9.10. The molecule has 2 nitrogen and oxygen atoms in total. The van der Waals surface area contributed by atoms with Gasteiger partial charge in [-0.25, -0.2) is 4.39 Å². The van der Waals surface area contributed by atoms with Gasteiger partial charge in [0.15, 0.2) is 0 Å². The van der Waals surface area contributed by atoms with Gasteiger partial charge in [-0.15, -0.1) is 0 Å². The van der Waals surface area contributed by atoms with Crippen LogP contribution in [0.5, 0.6) is 5.75 Å². The second kappa shape index (κ2) is 7.67. The van der Waals surface area contributed by atoms with Crippen molar-refractivity contribution in [3.8, 4) is 5.75 Å². The van der Waals surface area contributed by atoms with Crippen molar-refractivity contribution >= 4 is 15.9 Å². The van der Waals surface area contributed by atoms with E-state index < -0.39 is 0 Å². The highest BCUT2D eigenvalue weighted by Gasteiger charge is 1.99. The third kappa shape index (κ3) is 6.64. The van der Waals surface area contributed by atoms with Crippen molar-refractivity contribution in [1.82, 2.24) is 5.32 Å². The first-order chi connectivity index (χ1) is 8.08. The second-order valence-corrected chi connectivity index (χ2v) is 5.30. The molecule has 0 radical (unpaired) electrons. The molecule has 0 spiro atoms. The normalized spacial score (nSPS) is 10.9. The third-order valence-corrected chi connectivity index (χ3v) is 2.74. The number of rotatable bonds is 7. The average Bonchev–Trinajstić information content (AvgIpc) is 2.21. The molecule has 0 aromatic heterocycles. The lowest BCUT2D eigenvalue weighted by Gasteiger charge is -2.09. The lowest BCUT2D eigenvalue weighted by molar-refractivity contribution is 0.310. The van der Waals surface area contributed by atoms with E-state index in [0.717, 1.165) is 19.5 Å². The molecule has 96 valence electrons. The highest BCUT2D eigenvalue weighted by Crippen LogP contribution is 2.20. The summed E-state index contributed by atoms with van der Waals surface area (Å²) >= 11 is 3.23.